The first kappa shape index (κ1) is 15.1. The first-order valence-electron chi connectivity index (χ1n) is 7.77. The van der Waals surface area contributed by atoms with Crippen molar-refractivity contribution in [2.24, 2.45) is 0 Å². The lowest BCUT2D eigenvalue weighted by Crippen LogP contribution is -2.34. The minimum Gasteiger partial charge on any atom is -0.507 e. The van der Waals surface area contributed by atoms with Crippen LogP contribution >= 0.6 is 0 Å². The molecule has 1 amide bonds. The highest BCUT2D eigenvalue weighted by molar-refractivity contribution is 6.12. The second kappa shape index (κ2) is 5.59. The van der Waals surface area contributed by atoms with Crippen molar-refractivity contribution in [3.8, 4) is 11.5 Å². The van der Waals surface area contributed by atoms with E-state index in [0.29, 0.717) is 27.9 Å². The number of benzene rings is 2. The number of phenols is 1. The maximum absolute atomic E-state index is 12.6. The summed E-state index contributed by atoms with van der Waals surface area (Å²) in [6.07, 6.45) is 0.876. The normalized spacial score (nSPS) is 16.0. The number of carbonyl (C=O) groups is 2. The number of aromatic hydroxyl groups is 1. The molecule has 4 rings (SSSR count). The van der Waals surface area contributed by atoms with E-state index in [-0.39, 0.29) is 23.0 Å². The van der Waals surface area contributed by atoms with Crippen molar-refractivity contribution in [1.82, 2.24) is 4.98 Å². The molecule has 0 unspecified atom stereocenters. The predicted octanol–water partition coefficient (Wildman–Crippen LogP) is 2.89. The molecular weight excluding hydrogens is 320 g/mol. The minimum absolute atomic E-state index is 0.0714. The third kappa shape index (κ3) is 2.57. The maximum Gasteiger partial charge on any atom is 0.265 e. The number of nitrogens with zero attached hydrogens (tertiary/aromatic N) is 1. The number of nitrogens with one attached hydrogen (secondary N) is 1. The van der Waals surface area contributed by atoms with Crippen molar-refractivity contribution in [1.29, 1.82) is 0 Å². The average Bonchev–Trinajstić information content (AvgIpc) is 2.60. The zero-order valence-electron chi connectivity index (χ0n) is 13.3. The molecule has 2 N–H and O–H groups in total. The summed E-state index contributed by atoms with van der Waals surface area (Å²) < 4.78 is 5.59. The van der Waals surface area contributed by atoms with Crippen LogP contribution in [-0.4, -0.2) is 27.9 Å². The van der Waals surface area contributed by atoms with Gasteiger partial charge in [0.15, 0.2) is 11.9 Å². The fourth-order valence-electron chi connectivity index (χ4n) is 2.77. The van der Waals surface area contributed by atoms with Gasteiger partial charge in [0.05, 0.1) is 16.8 Å². The highest BCUT2D eigenvalue weighted by atomic mass is 16.5. The van der Waals surface area contributed by atoms with E-state index < -0.39 is 6.10 Å². The lowest BCUT2D eigenvalue weighted by Gasteiger charge is -2.23. The van der Waals surface area contributed by atoms with Crippen molar-refractivity contribution in [3.63, 3.8) is 0 Å². The Kier molecular flexibility index (Phi) is 3.39. The molecule has 0 fully saturated rings. The number of hydrogen-bond donors (Lipinski definition) is 2. The molecule has 0 bridgehead atoms. The van der Waals surface area contributed by atoms with E-state index in [9.17, 15) is 14.7 Å². The summed E-state index contributed by atoms with van der Waals surface area (Å²) in [7, 11) is 0. The van der Waals surface area contributed by atoms with Gasteiger partial charge in [0.25, 0.3) is 5.91 Å². The summed E-state index contributed by atoms with van der Waals surface area (Å²) in [4.78, 5) is 28.6. The van der Waals surface area contributed by atoms with Crippen molar-refractivity contribution in [3.05, 3.63) is 59.8 Å². The molecule has 1 aromatic heterocycles. The number of anilines is 1. The van der Waals surface area contributed by atoms with Crippen LogP contribution in [0.3, 0.4) is 0 Å². The standard InChI is InChI=1S/C19H14N2O4/c1-10-19(24)21-15-8-14-11(7-17(15)25-10)6-12(9-20-14)18(23)13-4-2-3-5-16(13)22/h2-10,22H,1H3,(H,21,24)/t10-/m1/s1. The Morgan fingerprint density at radius 3 is 2.84 bits per heavy atom. The molecule has 1 atom stereocenters. The first-order chi connectivity index (χ1) is 12.0. The Morgan fingerprint density at radius 1 is 1.24 bits per heavy atom. The van der Waals surface area contributed by atoms with Crippen LogP contribution in [0.15, 0.2) is 48.7 Å². The van der Waals surface area contributed by atoms with Crippen molar-refractivity contribution in [2.75, 3.05) is 5.32 Å². The van der Waals surface area contributed by atoms with Crippen molar-refractivity contribution in [2.45, 2.75) is 13.0 Å². The van der Waals surface area contributed by atoms with Gasteiger partial charge in [-0.05, 0) is 37.3 Å². The van der Waals surface area contributed by atoms with Gasteiger partial charge >= 0.3 is 0 Å². The highest BCUT2D eigenvalue weighted by Gasteiger charge is 2.24. The fourth-order valence-corrected chi connectivity index (χ4v) is 2.77. The molecule has 25 heavy (non-hydrogen) atoms. The number of para-hydroxylation sites is 1. The second-order valence-electron chi connectivity index (χ2n) is 5.86. The number of rotatable bonds is 2. The Balaban J connectivity index is 1.78. The molecule has 6 nitrogen and oxygen atoms in total. The van der Waals surface area contributed by atoms with Crippen LogP contribution < -0.4 is 10.1 Å². The van der Waals surface area contributed by atoms with Gasteiger partial charge in [-0.25, -0.2) is 0 Å². The van der Waals surface area contributed by atoms with Gasteiger partial charge in [-0.3, -0.25) is 14.6 Å². The third-order valence-electron chi connectivity index (χ3n) is 4.12. The lowest BCUT2D eigenvalue weighted by molar-refractivity contribution is -0.122. The number of carbonyl (C=O) groups excluding carboxylic acids is 2. The van der Waals surface area contributed by atoms with E-state index >= 15 is 0 Å². The molecule has 0 spiro atoms. The predicted molar refractivity (Wildman–Crippen MR) is 92.0 cm³/mol. The molecule has 0 radical (unpaired) electrons. The van der Waals surface area contributed by atoms with Gasteiger partial charge in [-0.1, -0.05) is 12.1 Å². The van der Waals surface area contributed by atoms with Gasteiger partial charge in [-0.2, -0.15) is 0 Å². The largest absolute Gasteiger partial charge is 0.507 e. The summed E-state index contributed by atoms with van der Waals surface area (Å²) in [5.74, 6) is -0.0579. The smallest absolute Gasteiger partial charge is 0.265 e. The van der Waals surface area contributed by atoms with Gasteiger partial charge in [0.1, 0.15) is 11.5 Å². The first-order valence-corrected chi connectivity index (χ1v) is 7.77. The number of hydrogen-bond acceptors (Lipinski definition) is 5. The molecule has 2 heterocycles. The van der Waals surface area contributed by atoms with Crippen LogP contribution in [0.2, 0.25) is 0 Å². The van der Waals surface area contributed by atoms with Crippen molar-refractivity contribution < 1.29 is 19.4 Å². The molecule has 1 aliphatic heterocycles. The topological polar surface area (TPSA) is 88.5 Å². The second-order valence-corrected chi connectivity index (χ2v) is 5.86. The average molecular weight is 334 g/mol. The molecule has 0 aliphatic carbocycles. The molecule has 0 saturated carbocycles. The molecule has 6 heteroatoms. The van der Waals surface area contributed by atoms with Crippen LogP contribution in [-0.2, 0) is 4.79 Å². The van der Waals surface area contributed by atoms with Crippen LogP contribution in [0.25, 0.3) is 10.9 Å². The number of amides is 1. The Bertz CT molecular complexity index is 1030. The summed E-state index contributed by atoms with van der Waals surface area (Å²) in [5.41, 5.74) is 1.77. The highest BCUT2D eigenvalue weighted by Crippen LogP contribution is 2.34. The molecule has 0 saturated heterocycles. The third-order valence-corrected chi connectivity index (χ3v) is 4.12. The Labute approximate surface area is 143 Å². The van der Waals surface area contributed by atoms with Gasteiger partial charge in [0, 0.05) is 17.1 Å². The van der Waals surface area contributed by atoms with E-state index in [0.717, 1.165) is 0 Å². The quantitative estimate of drug-likeness (QED) is 0.704. The van der Waals surface area contributed by atoms with E-state index in [1.807, 2.05) is 0 Å². The van der Waals surface area contributed by atoms with Crippen LogP contribution in [0.1, 0.15) is 22.8 Å². The van der Waals surface area contributed by atoms with Crippen molar-refractivity contribution >= 4 is 28.3 Å². The van der Waals surface area contributed by atoms with Crippen LogP contribution in [0.5, 0.6) is 11.5 Å². The van der Waals surface area contributed by atoms with Gasteiger partial charge < -0.3 is 15.2 Å². The maximum atomic E-state index is 12.6. The molecule has 1 aliphatic rings. The fraction of sp³-hybridized carbons (Fsp3) is 0.105. The van der Waals surface area contributed by atoms with E-state index in [1.165, 1.54) is 12.3 Å². The number of aromatic nitrogens is 1. The number of ether oxygens (including phenoxy) is 1. The summed E-state index contributed by atoms with van der Waals surface area (Å²) in [6, 6.07) is 11.5. The Hall–Kier alpha value is -3.41. The summed E-state index contributed by atoms with van der Waals surface area (Å²) in [5, 5.41) is 13.3. The molecule has 3 aromatic rings. The van der Waals surface area contributed by atoms with E-state index in [1.54, 1.807) is 43.3 Å². The SMILES string of the molecule is C[C@H]1Oc2cc3cc(C(=O)c4ccccc4O)cnc3cc2NC1=O. The monoisotopic (exact) mass is 334 g/mol. The van der Waals surface area contributed by atoms with E-state index in [4.69, 9.17) is 4.74 Å². The number of fused-ring (bicyclic) bond motifs is 2. The number of ketones is 1. The van der Waals surface area contributed by atoms with E-state index in [2.05, 4.69) is 10.3 Å². The summed E-state index contributed by atoms with van der Waals surface area (Å²) >= 11 is 0. The minimum atomic E-state index is -0.580. The van der Waals surface area contributed by atoms with Gasteiger partial charge in [0.2, 0.25) is 0 Å². The zero-order chi connectivity index (χ0) is 17.6. The van der Waals surface area contributed by atoms with Crippen LogP contribution in [0, 0.1) is 0 Å². The molecule has 2 aromatic carbocycles. The number of phenolic OH excluding ortho intramolecular Hbond substituents is 1. The van der Waals surface area contributed by atoms with Crippen LogP contribution in [0.4, 0.5) is 5.69 Å². The number of pyridine rings is 1. The molecular formula is C19H14N2O4. The zero-order valence-corrected chi connectivity index (χ0v) is 13.3. The summed E-state index contributed by atoms with van der Waals surface area (Å²) in [6.45, 7) is 1.67. The Morgan fingerprint density at radius 2 is 2.04 bits per heavy atom. The molecule has 124 valence electrons. The van der Waals surface area contributed by atoms with Gasteiger partial charge in [-0.15, -0.1) is 0 Å². The lowest BCUT2D eigenvalue weighted by atomic mass is 10.0.